The van der Waals surface area contributed by atoms with E-state index in [1.54, 1.807) is 0 Å². The van der Waals surface area contributed by atoms with Crippen molar-refractivity contribution in [2.24, 2.45) is 0 Å². The molecule has 0 amide bonds. The average molecular weight is 269 g/mol. The summed E-state index contributed by atoms with van der Waals surface area (Å²) < 4.78 is 6.05. The van der Waals surface area contributed by atoms with Crippen LogP contribution in [0, 0.1) is 0 Å². The van der Waals surface area contributed by atoms with Crippen LogP contribution in [0.3, 0.4) is 0 Å². The van der Waals surface area contributed by atoms with Gasteiger partial charge in [-0.2, -0.15) is 0 Å². The highest BCUT2D eigenvalue weighted by atomic mass is 35.5. The van der Waals surface area contributed by atoms with Gasteiger partial charge in [0, 0.05) is 24.6 Å². The molecule has 4 heteroatoms. The zero-order valence-corrected chi connectivity index (χ0v) is 11.7. The summed E-state index contributed by atoms with van der Waals surface area (Å²) in [5.41, 5.74) is 0.691. The summed E-state index contributed by atoms with van der Waals surface area (Å²) in [5.74, 6) is 1.29. The second kappa shape index (κ2) is 6.48. The van der Waals surface area contributed by atoms with Crippen LogP contribution in [0.25, 0.3) is 0 Å². The third-order valence-electron chi connectivity index (χ3n) is 3.60. The lowest BCUT2D eigenvalue weighted by molar-refractivity contribution is -0.0624. The molecule has 0 aliphatic heterocycles. The lowest BCUT2D eigenvalue weighted by Gasteiger charge is -2.31. The van der Waals surface area contributed by atoms with E-state index in [0.717, 1.165) is 24.2 Å². The van der Waals surface area contributed by atoms with Gasteiger partial charge in [-0.15, -0.1) is 11.6 Å². The zero-order chi connectivity index (χ0) is 12.8. The third-order valence-corrected chi connectivity index (χ3v) is 3.91. The summed E-state index contributed by atoms with van der Waals surface area (Å²) in [6, 6.07) is 0. The third kappa shape index (κ3) is 3.01. The Bertz CT molecular complexity index is 359. The highest BCUT2D eigenvalue weighted by molar-refractivity contribution is 6.17. The predicted octanol–water partition coefficient (Wildman–Crippen LogP) is 3.80. The van der Waals surface area contributed by atoms with Crippen molar-refractivity contribution in [3.05, 3.63) is 23.8 Å². The van der Waals surface area contributed by atoms with E-state index in [4.69, 9.17) is 16.3 Å². The molecule has 1 aromatic heterocycles. The molecule has 0 atom stereocenters. The Morgan fingerprint density at radius 2 is 1.78 bits per heavy atom. The number of ether oxygens (including phenoxy) is 1. The second-order valence-electron chi connectivity index (χ2n) is 4.89. The molecule has 1 fully saturated rings. The van der Waals surface area contributed by atoms with Gasteiger partial charge in [-0.05, 0) is 19.8 Å². The van der Waals surface area contributed by atoms with Crippen LogP contribution < -0.4 is 0 Å². The van der Waals surface area contributed by atoms with Crippen molar-refractivity contribution < 1.29 is 4.74 Å². The summed E-state index contributed by atoms with van der Waals surface area (Å²) in [4.78, 5) is 8.97. The van der Waals surface area contributed by atoms with Gasteiger partial charge < -0.3 is 4.74 Å². The van der Waals surface area contributed by atoms with Crippen molar-refractivity contribution in [1.29, 1.82) is 0 Å². The lowest BCUT2D eigenvalue weighted by Crippen LogP contribution is -2.31. The Hall–Kier alpha value is -0.670. The van der Waals surface area contributed by atoms with Gasteiger partial charge in [0.2, 0.25) is 0 Å². The molecule has 0 radical (unpaired) electrons. The number of rotatable bonds is 4. The number of aromatic nitrogens is 2. The van der Waals surface area contributed by atoms with Gasteiger partial charge in [0.05, 0.1) is 5.88 Å². The number of halogens is 1. The van der Waals surface area contributed by atoms with Gasteiger partial charge in [-0.1, -0.05) is 25.7 Å². The largest absolute Gasteiger partial charge is 0.367 e. The molecule has 3 nitrogen and oxygen atoms in total. The van der Waals surface area contributed by atoms with Crippen LogP contribution in [-0.2, 0) is 16.2 Å². The van der Waals surface area contributed by atoms with Crippen LogP contribution >= 0.6 is 11.6 Å². The molecule has 0 spiro atoms. The molecule has 1 aliphatic rings. The quantitative estimate of drug-likeness (QED) is 0.615. The first kappa shape index (κ1) is 13.8. The van der Waals surface area contributed by atoms with Gasteiger partial charge in [0.1, 0.15) is 5.60 Å². The van der Waals surface area contributed by atoms with Crippen LogP contribution in [0.15, 0.2) is 12.4 Å². The minimum Gasteiger partial charge on any atom is -0.367 e. The van der Waals surface area contributed by atoms with Crippen LogP contribution in [0.2, 0.25) is 0 Å². The maximum absolute atomic E-state index is 6.05. The van der Waals surface area contributed by atoms with E-state index in [0.29, 0.717) is 12.5 Å². The maximum atomic E-state index is 6.05. The van der Waals surface area contributed by atoms with Crippen molar-refractivity contribution in [1.82, 2.24) is 9.97 Å². The Balaban J connectivity index is 2.26. The predicted molar refractivity (Wildman–Crippen MR) is 72.6 cm³/mol. The summed E-state index contributed by atoms with van der Waals surface area (Å²) in [6.45, 7) is 2.75. The van der Waals surface area contributed by atoms with Crippen LogP contribution in [-0.4, -0.2) is 16.6 Å². The second-order valence-corrected chi connectivity index (χ2v) is 5.16. The van der Waals surface area contributed by atoms with E-state index >= 15 is 0 Å². The summed E-state index contributed by atoms with van der Waals surface area (Å²) in [6.07, 6.45) is 10.7. The zero-order valence-electron chi connectivity index (χ0n) is 11.0. The average Bonchev–Trinajstić information content (AvgIpc) is 2.66. The summed E-state index contributed by atoms with van der Waals surface area (Å²) in [5, 5.41) is 0. The topological polar surface area (TPSA) is 35.0 Å². The van der Waals surface area contributed by atoms with E-state index in [2.05, 4.69) is 9.97 Å². The fraction of sp³-hybridized carbons (Fsp3) is 0.714. The molecule has 1 saturated carbocycles. The first-order valence-electron chi connectivity index (χ1n) is 6.82. The molecule has 0 saturated heterocycles. The van der Waals surface area contributed by atoms with Crippen LogP contribution in [0.5, 0.6) is 0 Å². The molecule has 1 heterocycles. The van der Waals surface area contributed by atoms with Gasteiger partial charge in [0.25, 0.3) is 0 Å². The van der Waals surface area contributed by atoms with Crippen molar-refractivity contribution >= 4 is 11.6 Å². The van der Waals surface area contributed by atoms with Crippen LogP contribution in [0.4, 0.5) is 0 Å². The molecule has 0 N–H and O–H groups in total. The molecular formula is C14H21ClN2O. The maximum Gasteiger partial charge on any atom is 0.160 e. The van der Waals surface area contributed by atoms with Crippen molar-refractivity contribution in [2.45, 2.75) is 56.9 Å². The lowest BCUT2D eigenvalue weighted by atomic mass is 9.93. The molecular weight excluding hydrogens is 248 g/mol. The molecule has 100 valence electrons. The summed E-state index contributed by atoms with van der Waals surface area (Å²) >= 11 is 5.78. The standard InChI is InChI=1S/C14H21ClN2O/c1-2-18-14(7-5-3-4-6-8-14)13-16-10-12(9-15)11-17-13/h10-11H,2-9H2,1H3. The fourth-order valence-corrected chi connectivity index (χ4v) is 2.81. The Kier molecular flexibility index (Phi) is 4.95. The molecule has 2 rings (SSSR count). The first-order chi connectivity index (χ1) is 8.80. The Morgan fingerprint density at radius 3 is 2.28 bits per heavy atom. The van der Waals surface area contributed by atoms with Crippen molar-refractivity contribution in [2.75, 3.05) is 6.61 Å². The van der Waals surface area contributed by atoms with E-state index in [-0.39, 0.29) is 5.60 Å². The number of nitrogens with zero attached hydrogens (tertiary/aromatic N) is 2. The van der Waals surface area contributed by atoms with Gasteiger partial charge in [-0.25, -0.2) is 9.97 Å². The smallest absolute Gasteiger partial charge is 0.160 e. The normalized spacial score (nSPS) is 19.4. The molecule has 0 unspecified atom stereocenters. The first-order valence-corrected chi connectivity index (χ1v) is 7.35. The monoisotopic (exact) mass is 268 g/mol. The molecule has 0 aromatic carbocycles. The minimum absolute atomic E-state index is 0.268. The molecule has 18 heavy (non-hydrogen) atoms. The molecule has 1 aliphatic carbocycles. The Labute approximate surface area is 114 Å². The van der Waals surface area contributed by atoms with Gasteiger partial charge >= 0.3 is 0 Å². The fourth-order valence-electron chi connectivity index (χ4n) is 2.67. The van der Waals surface area contributed by atoms with Crippen LogP contribution in [0.1, 0.15) is 56.8 Å². The summed E-state index contributed by atoms with van der Waals surface area (Å²) in [7, 11) is 0. The van der Waals surface area contributed by atoms with E-state index in [1.807, 2.05) is 19.3 Å². The molecule has 1 aromatic rings. The van der Waals surface area contributed by atoms with E-state index in [1.165, 1.54) is 25.7 Å². The minimum atomic E-state index is -0.268. The SMILES string of the molecule is CCOC1(c2ncc(CCl)cn2)CCCCCC1. The van der Waals surface area contributed by atoms with Crippen molar-refractivity contribution in [3.63, 3.8) is 0 Å². The van der Waals surface area contributed by atoms with Gasteiger partial charge in [0.15, 0.2) is 5.82 Å². The van der Waals surface area contributed by atoms with E-state index in [9.17, 15) is 0 Å². The van der Waals surface area contributed by atoms with Crippen molar-refractivity contribution in [3.8, 4) is 0 Å². The number of alkyl halides is 1. The van der Waals surface area contributed by atoms with E-state index < -0.39 is 0 Å². The highest BCUT2D eigenvalue weighted by Crippen LogP contribution is 2.37. The highest BCUT2D eigenvalue weighted by Gasteiger charge is 2.36. The van der Waals surface area contributed by atoms with Gasteiger partial charge in [-0.3, -0.25) is 0 Å². The molecule has 0 bridgehead atoms. The number of hydrogen-bond donors (Lipinski definition) is 0. The Morgan fingerprint density at radius 1 is 1.17 bits per heavy atom. The number of hydrogen-bond acceptors (Lipinski definition) is 3.